The van der Waals surface area contributed by atoms with E-state index in [9.17, 15) is 9.90 Å². The Morgan fingerprint density at radius 1 is 1.12 bits per heavy atom. The summed E-state index contributed by atoms with van der Waals surface area (Å²) in [6, 6.07) is 17.7. The molecule has 1 amide bonds. The molecule has 24 heavy (non-hydrogen) atoms. The molecule has 1 heterocycles. The first-order valence-corrected chi connectivity index (χ1v) is 8.15. The maximum atomic E-state index is 11.6. The highest BCUT2D eigenvalue weighted by molar-refractivity contribution is 5.89. The van der Waals surface area contributed by atoms with Crippen molar-refractivity contribution in [2.75, 3.05) is 24.7 Å². The van der Waals surface area contributed by atoms with E-state index in [1.54, 1.807) is 4.90 Å². The molecule has 5 nitrogen and oxygen atoms in total. The summed E-state index contributed by atoms with van der Waals surface area (Å²) in [5, 5.41) is 13.1. The number of hydrogen-bond donors (Lipinski definition) is 2. The molecule has 0 aromatic heterocycles. The van der Waals surface area contributed by atoms with Crippen LogP contribution in [0.1, 0.15) is 30.1 Å². The van der Waals surface area contributed by atoms with Crippen molar-refractivity contribution >= 4 is 11.8 Å². The molecular formula is C19H22N2O3. The fraction of sp³-hybridized carbons (Fsp3) is 0.316. The monoisotopic (exact) mass is 326 g/mol. The Balaban J connectivity index is 1.68. The van der Waals surface area contributed by atoms with Gasteiger partial charge in [-0.05, 0) is 30.2 Å². The number of nitrogens with zero attached hydrogens (tertiary/aromatic N) is 1. The van der Waals surface area contributed by atoms with Gasteiger partial charge in [0.25, 0.3) is 0 Å². The van der Waals surface area contributed by atoms with E-state index in [2.05, 4.69) is 12.2 Å². The van der Waals surface area contributed by atoms with E-state index in [0.29, 0.717) is 13.2 Å². The number of carbonyl (C=O) groups is 1. The molecule has 3 rings (SSSR count). The number of carbonyl (C=O) groups excluding carboxylic acids is 1. The minimum absolute atomic E-state index is 0.0338. The number of rotatable bonds is 6. The highest BCUT2D eigenvalue weighted by atomic mass is 16.6. The summed E-state index contributed by atoms with van der Waals surface area (Å²) in [4.78, 5) is 13.2. The molecule has 2 unspecified atom stereocenters. The van der Waals surface area contributed by atoms with Crippen molar-refractivity contribution in [2.24, 2.45) is 0 Å². The predicted octanol–water partition coefficient (Wildman–Crippen LogP) is 3.03. The normalized spacial score (nSPS) is 16.8. The lowest BCUT2D eigenvalue weighted by atomic mass is 10.0. The summed E-state index contributed by atoms with van der Waals surface area (Å²) in [6.07, 6.45) is -0.293. The maximum absolute atomic E-state index is 11.6. The fourth-order valence-corrected chi connectivity index (χ4v) is 2.91. The summed E-state index contributed by atoms with van der Waals surface area (Å²) in [7, 11) is 0. The topological polar surface area (TPSA) is 61.8 Å². The second kappa shape index (κ2) is 7.47. The molecule has 1 aliphatic heterocycles. The molecule has 0 radical (unpaired) electrons. The van der Waals surface area contributed by atoms with Gasteiger partial charge in [0.1, 0.15) is 6.61 Å². The van der Waals surface area contributed by atoms with Crippen LogP contribution in [0.5, 0.6) is 0 Å². The van der Waals surface area contributed by atoms with E-state index < -0.39 is 0 Å². The van der Waals surface area contributed by atoms with Gasteiger partial charge in [-0.3, -0.25) is 4.90 Å². The van der Waals surface area contributed by atoms with Gasteiger partial charge in [0.05, 0.1) is 19.2 Å². The van der Waals surface area contributed by atoms with Crippen LogP contribution in [0.3, 0.4) is 0 Å². The first-order valence-electron chi connectivity index (χ1n) is 8.15. The molecule has 0 aliphatic carbocycles. The summed E-state index contributed by atoms with van der Waals surface area (Å²) >= 11 is 0. The van der Waals surface area contributed by atoms with Crippen molar-refractivity contribution in [3.63, 3.8) is 0 Å². The zero-order chi connectivity index (χ0) is 16.9. The standard InChI is InChI=1S/C19H22N2O3/c1-14(20-18(13-22)16-5-3-2-4-6-16)15-7-9-17(10-8-15)21-11-12-24-19(21)23/h2-10,14,18,20,22H,11-13H2,1H3. The number of ether oxygens (including phenoxy) is 1. The molecule has 1 fully saturated rings. The Kier molecular flexibility index (Phi) is 5.13. The van der Waals surface area contributed by atoms with Gasteiger partial charge in [-0.1, -0.05) is 42.5 Å². The number of nitrogens with one attached hydrogen (secondary N) is 1. The fourth-order valence-electron chi connectivity index (χ4n) is 2.91. The van der Waals surface area contributed by atoms with Gasteiger partial charge in [0.2, 0.25) is 0 Å². The lowest BCUT2D eigenvalue weighted by molar-refractivity contribution is 0.181. The first-order chi connectivity index (χ1) is 11.7. The quantitative estimate of drug-likeness (QED) is 0.856. The van der Waals surface area contributed by atoms with Crippen LogP contribution >= 0.6 is 0 Å². The molecule has 1 saturated heterocycles. The molecule has 2 aromatic rings. The van der Waals surface area contributed by atoms with Crippen LogP contribution in [0, 0.1) is 0 Å². The van der Waals surface area contributed by atoms with Crippen LogP contribution in [-0.4, -0.2) is 31.0 Å². The van der Waals surface area contributed by atoms with Crippen molar-refractivity contribution in [1.29, 1.82) is 0 Å². The molecule has 5 heteroatoms. The summed E-state index contributed by atoms with van der Waals surface area (Å²) < 4.78 is 4.96. The van der Waals surface area contributed by atoms with Gasteiger partial charge in [-0.25, -0.2) is 4.79 Å². The SMILES string of the molecule is CC(NC(CO)c1ccccc1)c1ccc(N2CCOC2=O)cc1. The number of aliphatic hydroxyl groups excluding tert-OH is 1. The minimum atomic E-state index is -0.293. The molecule has 0 saturated carbocycles. The number of amides is 1. The van der Waals surface area contributed by atoms with Crippen LogP contribution in [0.25, 0.3) is 0 Å². The van der Waals surface area contributed by atoms with Gasteiger partial charge in [-0.15, -0.1) is 0 Å². The lowest BCUT2D eigenvalue weighted by Crippen LogP contribution is -2.27. The minimum Gasteiger partial charge on any atom is -0.447 e. The highest BCUT2D eigenvalue weighted by Gasteiger charge is 2.23. The smallest absolute Gasteiger partial charge is 0.414 e. The third kappa shape index (κ3) is 3.58. The van der Waals surface area contributed by atoms with E-state index in [0.717, 1.165) is 16.8 Å². The average molecular weight is 326 g/mol. The molecule has 0 bridgehead atoms. The van der Waals surface area contributed by atoms with E-state index in [4.69, 9.17) is 4.74 Å². The van der Waals surface area contributed by atoms with Crippen molar-refractivity contribution < 1.29 is 14.6 Å². The van der Waals surface area contributed by atoms with E-state index in [1.165, 1.54) is 0 Å². The number of cyclic esters (lactones) is 1. The number of anilines is 1. The number of aliphatic hydroxyl groups is 1. The Hall–Kier alpha value is -2.37. The number of hydrogen-bond acceptors (Lipinski definition) is 4. The predicted molar refractivity (Wildman–Crippen MR) is 93.0 cm³/mol. The van der Waals surface area contributed by atoms with E-state index in [1.807, 2.05) is 54.6 Å². The Labute approximate surface area is 141 Å². The summed E-state index contributed by atoms with van der Waals surface area (Å²) in [5.41, 5.74) is 3.00. The van der Waals surface area contributed by atoms with Gasteiger partial charge in [-0.2, -0.15) is 0 Å². The van der Waals surface area contributed by atoms with E-state index in [-0.39, 0.29) is 24.8 Å². The van der Waals surface area contributed by atoms with Crippen LogP contribution < -0.4 is 10.2 Å². The van der Waals surface area contributed by atoms with E-state index >= 15 is 0 Å². The largest absolute Gasteiger partial charge is 0.447 e. The van der Waals surface area contributed by atoms with Gasteiger partial charge in [0, 0.05) is 11.7 Å². The first kappa shape index (κ1) is 16.5. The zero-order valence-electron chi connectivity index (χ0n) is 13.7. The third-order valence-electron chi connectivity index (χ3n) is 4.30. The van der Waals surface area contributed by atoms with Gasteiger partial charge < -0.3 is 15.2 Å². The lowest BCUT2D eigenvalue weighted by Gasteiger charge is -2.23. The zero-order valence-corrected chi connectivity index (χ0v) is 13.7. The second-order valence-electron chi connectivity index (χ2n) is 5.89. The Bertz CT molecular complexity index is 673. The van der Waals surface area contributed by atoms with Crippen LogP contribution in [0.2, 0.25) is 0 Å². The number of benzene rings is 2. The van der Waals surface area contributed by atoms with Gasteiger partial charge in [0.15, 0.2) is 0 Å². The van der Waals surface area contributed by atoms with Crippen molar-refractivity contribution in [2.45, 2.75) is 19.0 Å². The van der Waals surface area contributed by atoms with Crippen molar-refractivity contribution in [1.82, 2.24) is 5.32 Å². The maximum Gasteiger partial charge on any atom is 0.414 e. The molecule has 0 spiro atoms. The molecule has 126 valence electrons. The van der Waals surface area contributed by atoms with Gasteiger partial charge >= 0.3 is 6.09 Å². The highest BCUT2D eigenvalue weighted by Crippen LogP contribution is 2.24. The molecule has 1 aliphatic rings. The average Bonchev–Trinajstić information content (AvgIpc) is 3.06. The van der Waals surface area contributed by atoms with Crippen molar-refractivity contribution in [3.8, 4) is 0 Å². The Morgan fingerprint density at radius 3 is 2.42 bits per heavy atom. The van der Waals surface area contributed by atoms with Crippen molar-refractivity contribution in [3.05, 3.63) is 65.7 Å². The summed E-state index contributed by atoms with van der Waals surface area (Å²) in [5.74, 6) is 0. The van der Waals surface area contributed by atoms with Crippen LogP contribution in [0.4, 0.5) is 10.5 Å². The third-order valence-corrected chi connectivity index (χ3v) is 4.30. The molecule has 2 aromatic carbocycles. The van der Waals surface area contributed by atoms with Crippen LogP contribution in [0.15, 0.2) is 54.6 Å². The van der Waals surface area contributed by atoms with Crippen LogP contribution in [-0.2, 0) is 4.74 Å². The molecule has 2 atom stereocenters. The molecule has 2 N–H and O–H groups in total. The Morgan fingerprint density at radius 2 is 1.83 bits per heavy atom. The molecular weight excluding hydrogens is 304 g/mol. The summed E-state index contributed by atoms with van der Waals surface area (Å²) in [6.45, 7) is 3.12. The second-order valence-corrected chi connectivity index (χ2v) is 5.89.